The van der Waals surface area contributed by atoms with Crippen LogP contribution in [0.25, 0.3) is 20.7 Å². The SMILES string of the molecule is CN(c1ccc(-c2cc3ccncc3s2)nn1)[C@@H]1C[C@H]2CCC(N2)[C@@H]1F. The minimum atomic E-state index is -0.865. The number of thiophene rings is 1. The number of pyridine rings is 1. The zero-order valence-electron chi connectivity index (χ0n) is 14.5. The van der Waals surface area contributed by atoms with Gasteiger partial charge in [0.15, 0.2) is 5.82 Å². The highest BCUT2D eigenvalue weighted by Gasteiger charge is 2.43. The molecule has 0 saturated carbocycles. The molecular formula is C19H20FN5S. The van der Waals surface area contributed by atoms with Crippen LogP contribution in [0.4, 0.5) is 10.2 Å². The summed E-state index contributed by atoms with van der Waals surface area (Å²) in [6.45, 7) is 0. The average Bonchev–Trinajstić information content (AvgIpc) is 3.29. The number of hydrogen-bond acceptors (Lipinski definition) is 6. The largest absolute Gasteiger partial charge is 0.352 e. The minimum absolute atomic E-state index is 0.0133. The summed E-state index contributed by atoms with van der Waals surface area (Å²) in [6.07, 6.45) is 5.62. The van der Waals surface area contributed by atoms with Crippen molar-refractivity contribution in [2.45, 2.75) is 43.6 Å². The molecule has 0 radical (unpaired) electrons. The molecule has 1 unspecified atom stereocenters. The second kappa shape index (κ2) is 6.25. The standard InChI is InChI=1S/C19H20FN5S/c1-25(15-9-12-2-3-14(22-12)19(15)20)18-5-4-13(23-24-18)16-8-11-6-7-21-10-17(11)26-16/h4-8,10,12,14-15,19,22H,2-3,9H2,1H3/t12-,14?,15-,19+/m1/s1. The van der Waals surface area contributed by atoms with Gasteiger partial charge in [-0.25, -0.2) is 4.39 Å². The molecule has 2 aliphatic rings. The third-order valence-electron chi connectivity index (χ3n) is 5.64. The van der Waals surface area contributed by atoms with Gasteiger partial charge in [0.1, 0.15) is 11.9 Å². The number of anilines is 1. The van der Waals surface area contributed by atoms with Crippen molar-refractivity contribution in [3.05, 3.63) is 36.7 Å². The fraction of sp³-hybridized carbons (Fsp3) is 0.421. The number of rotatable bonds is 3. The maximum atomic E-state index is 14.8. The molecule has 0 aliphatic carbocycles. The van der Waals surface area contributed by atoms with Gasteiger partial charge in [0, 0.05) is 31.5 Å². The first kappa shape index (κ1) is 16.1. The summed E-state index contributed by atoms with van der Waals surface area (Å²) < 4.78 is 15.9. The Bertz CT molecular complexity index is 894. The van der Waals surface area contributed by atoms with Crippen LogP contribution in [0.3, 0.4) is 0 Å². The number of nitrogens with zero attached hydrogens (tertiary/aromatic N) is 4. The Labute approximate surface area is 155 Å². The topological polar surface area (TPSA) is 53.9 Å². The number of piperidine rings is 1. The molecule has 2 aliphatic heterocycles. The van der Waals surface area contributed by atoms with Gasteiger partial charge in [0.05, 0.1) is 15.6 Å². The second-order valence-corrected chi connectivity index (χ2v) is 8.29. The number of hydrogen-bond donors (Lipinski definition) is 1. The Morgan fingerprint density at radius 3 is 2.96 bits per heavy atom. The quantitative estimate of drug-likeness (QED) is 0.767. The maximum absolute atomic E-state index is 14.8. The van der Waals surface area contributed by atoms with Crippen molar-refractivity contribution in [3.63, 3.8) is 0 Å². The molecule has 0 aromatic carbocycles. The van der Waals surface area contributed by atoms with Crippen molar-refractivity contribution >= 4 is 27.2 Å². The number of halogens is 1. The van der Waals surface area contributed by atoms with Gasteiger partial charge in [-0.2, -0.15) is 0 Å². The van der Waals surface area contributed by atoms with Gasteiger partial charge in [-0.05, 0) is 48.9 Å². The van der Waals surface area contributed by atoms with Crippen LogP contribution in [0.1, 0.15) is 19.3 Å². The third kappa shape index (κ3) is 2.66. The molecule has 0 amide bonds. The van der Waals surface area contributed by atoms with Crippen LogP contribution in [-0.4, -0.2) is 46.5 Å². The zero-order chi connectivity index (χ0) is 17.7. The molecule has 2 bridgehead atoms. The van der Waals surface area contributed by atoms with Gasteiger partial charge in [0.25, 0.3) is 0 Å². The fourth-order valence-electron chi connectivity index (χ4n) is 4.17. The monoisotopic (exact) mass is 369 g/mol. The summed E-state index contributed by atoms with van der Waals surface area (Å²) in [5.41, 5.74) is 0.838. The molecule has 5 heterocycles. The molecule has 2 fully saturated rings. The predicted molar refractivity (Wildman–Crippen MR) is 102 cm³/mol. The predicted octanol–water partition coefficient (Wildman–Crippen LogP) is 3.42. The van der Waals surface area contributed by atoms with Crippen LogP contribution in [0.5, 0.6) is 0 Å². The summed E-state index contributed by atoms with van der Waals surface area (Å²) in [5.74, 6) is 0.727. The molecule has 4 atom stereocenters. The summed E-state index contributed by atoms with van der Waals surface area (Å²) in [6, 6.07) is 8.31. The van der Waals surface area contributed by atoms with E-state index in [0.717, 1.165) is 45.7 Å². The van der Waals surface area contributed by atoms with Crippen molar-refractivity contribution in [1.82, 2.24) is 20.5 Å². The van der Waals surface area contributed by atoms with E-state index in [-0.39, 0.29) is 12.1 Å². The second-order valence-electron chi connectivity index (χ2n) is 7.21. The Kier molecular flexibility index (Phi) is 3.86. The summed E-state index contributed by atoms with van der Waals surface area (Å²) >= 11 is 1.66. The molecule has 2 saturated heterocycles. The van der Waals surface area contributed by atoms with Gasteiger partial charge in [-0.1, -0.05) is 0 Å². The molecule has 3 aromatic rings. The zero-order valence-corrected chi connectivity index (χ0v) is 15.3. The van der Waals surface area contributed by atoms with E-state index in [9.17, 15) is 4.39 Å². The van der Waals surface area contributed by atoms with Crippen LogP contribution in [-0.2, 0) is 0 Å². The van der Waals surface area contributed by atoms with Crippen LogP contribution in [0.2, 0.25) is 0 Å². The molecule has 134 valence electrons. The lowest BCUT2D eigenvalue weighted by Crippen LogP contribution is -2.55. The molecule has 26 heavy (non-hydrogen) atoms. The smallest absolute Gasteiger partial charge is 0.151 e. The van der Waals surface area contributed by atoms with Gasteiger partial charge in [-0.15, -0.1) is 21.5 Å². The lowest BCUT2D eigenvalue weighted by atomic mass is 9.96. The highest BCUT2D eigenvalue weighted by atomic mass is 32.1. The number of aromatic nitrogens is 3. The minimum Gasteiger partial charge on any atom is -0.352 e. The van der Waals surface area contributed by atoms with E-state index < -0.39 is 6.17 Å². The van der Waals surface area contributed by atoms with Gasteiger partial charge in [-0.3, -0.25) is 4.98 Å². The number of fused-ring (bicyclic) bond motifs is 3. The first-order valence-corrected chi connectivity index (χ1v) is 9.81. The molecule has 3 aromatic heterocycles. The number of alkyl halides is 1. The van der Waals surface area contributed by atoms with Crippen molar-refractivity contribution < 1.29 is 4.39 Å². The molecule has 5 rings (SSSR count). The van der Waals surface area contributed by atoms with Crippen molar-refractivity contribution in [3.8, 4) is 10.6 Å². The lowest BCUT2D eigenvalue weighted by Gasteiger charge is -2.38. The van der Waals surface area contributed by atoms with E-state index in [2.05, 4.69) is 26.6 Å². The summed E-state index contributed by atoms with van der Waals surface area (Å²) in [7, 11) is 1.93. The van der Waals surface area contributed by atoms with Crippen LogP contribution < -0.4 is 10.2 Å². The molecule has 5 nitrogen and oxygen atoms in total. The lowest BCUT2D eigenvalue weighted by molar-refractivity contribution is 0.176. The van der Waals surface area contributed by atoms with E-state index in [4.69, 9.17) is 0 Å². The van der Waals surface area contributed by atoms with Gasteiger partial charge >= 0.3 is 0 Å². The number of nitrogens with one attached hydrogen (secondary N) is 1. The van der Waals surface area contributed by atoms with Crippen molar-refractivity contribution in [2.24, 2.45) is 0 Å². The highest BCUT2D eigenvalue weighted by molar-refractivity contribution is 7.22. The average molecular weight is 369 g/mol. The summed E-state index contributed by atoms with van der Waals surface area (Å²) in [5, 5.41) is 13.3. The molecular weight excluding hydrogens is 349 g/mol. The van der Waals surface area contributed by atoms with Gasteiger partial charge in [0.2, 0.25) is 0 Å². The molecule has 0 spiro atoms. The fourth-order valence-corrected chi connectivity index (χ4v) is 5.17. The molecule has 1 N–H and O–H groups in total. The maximum Gasteiger partial charge on any atom is 0.151 e. The van der Waals surface area contributed by atoms with E-state index in [1.165, 1.54) is 0 Å². The first-order chi connectivity index (χ1) is 12.7. The Hall–Kier alpha value is -2.12. The summed E-state index contributed by atoms with van der Waals surface area (Å²) in [4.78, 5) is 7.19. The van der Waals surface area contributed by atoms with E-state index in [0.29, 0.717) is 6.04 Å². The van der Waals surface area contributed by atoms with Crippen LogP contribution in [0, 0.1) is 0 Å². The van der Waals surface area contributed by atoms with E-state index in [1.807, 2.05) is 36.3 Å². The van der Waals surface area contributed by atoms with Crippen LogP contribution >= 0.6 is 11.3 Å². The van der Waals surface area contributed by atoms with E-state index >= 15 is 0 Å². The van der Waals surface area contributed by atoms with Crippen molar-refractivity contribution in [1.29, 1.82) is 0 Å². The Balaban J connectivity index is 1.39. The van der Waals surface area contributed by atoms with Crippen LogP contribution in [0.15, 0.2) is 36.7 Å². The third-order valence-corrected chi connectivity index (χ3v) is 6.75. The van der Waals surface area contributed by atoms with E-state index in [1.54, 1.807) is 17.5 Å². The highest BCUT2D eigenvalue weighted by Crippen LogP contribution is 2.34. The Morgan fingerprint density at radius 1 is 1.23 bits per heavy atom. The molecule has 7 heteroatoms. The van der Waals surface area contributed by atoms with Crippen molar-refractivity contribution in [2.75, 3.05) is 11.9 Å². The Morgan fingerprint density at radius 2 is 2.15 bits per heavy atom. The normalized spacial score (nSPS) is 27.8. The van der Waals surface area contributed by atoms with Gasteiger partial charge < -0.3 is 10.2 Å². The first-order valence-electron chi connectivity index (χ1n) is 8.99.